The van der Waals surface area contributed by atoms with Gasteiger partial charge in [-0.2, -0.15) is 0 Å². The molecular weight excluding hydrogens is 300 g/mol. The molecule has 3 aromatic rings. The molecule has 0 aliphatic carbocycles. The van der Waals surface area contributed by atoms with E-state index in [9.17, 15) is 9.59 Å². The molecular formula is C17H13ClN2O2. The smallest absolute Gasteiger partial charge is 0.305 e. The molecule has 0 fully saturated rings. The first-order chi connectivity index (χ1) is 10.7. The Labute approximate surface area is 131 Å². The van der Waals surface area contributed by atoms with E-state index in [2.05, 4.69) is 0 Å². The SMILES string of the molecule is O=c1c(=O)n(-c2ccccc2)ccn1Cc1ccccc1Cl. The summed E-state index contributed by atoms with van der Waals surface area (Å²) in [5.74, 6) is 0. The zero-order valence-corrected chi connectivity index (χ0v) is 12.4. The molecule has 5 heteroatoms. The van der Waals surface area contributed by atoms with Crippen molar-refractivity contribution >= 4 is 11.6 Å². The van der Waals surface area contributed by atoms with Crippen LogP contribution in [0.2, 0.25) is 5.02 Å². The first kappa shape index (κ1) is 14.4. The minimum atomic E-state index is -0.583. The normalized spacial score (nSPS) is 10.6. The lowest BCUT2D eigenvalue weighted by Crippen LogP contribution is -2.40. The van der Waals surface area contributed by atoms with Gasteiger partial charge in [-0.15, -0.1) is 0 Å². The summed E-state index contributed by atoms with van der Waals surface area (Å²) >= 11 is 6.09. The maximum Gasteiger partial charge on any atom is 0.320 e. The van der Waals surface area contributed by atoms with Crippen LogP contribution in [0.4, 0.5) is 0 Å². The number of hydrogen-bond acceptors (Lipinski definition) is 2. The van der Waals surface area contributed by atoms with Crippen molar-refractivity contribution in [3.63, 3.8) is 0 Å². The lowest BCUT2D eigenvalue weighted by molar-refractivity contribution is 0.718. The summed E-state index contributed by atoms with van der Waals surface area (Å²) in [6.07, 6.45) is 3.19. The number of hydrogen-bond donors (Lipinski definition) is 0. The predicted molar refractivity (Wildman–Crippen MR) is 86.9 cm³/mol. The Morgan fingerprint density at radius 2 is 1.50 bits per heavy atom. The Hall–Kier alpha value is -2.59. The van der Waals surface area contributed by atoms with Crippen molar-refractivity contribution < 1.29 is 0 Å². The molecule has 3 rings (SSSR count). The van der Waals surface area contributed by atoms with Crippen molar-refractivity contribution in [1.29, 1.82) is 0 Å². The molecule has 2 aromatic carbocycles. The van der Waals surface area contributed by atoms with Crippen LogP contribution in [-0.4, -0.2) is 9.13 Å². The van der Waals surface area contributed by atoms with Crippen LogP contribution in [0, 0.1) is 0 Å². The van der Waals surface area contributed by atoms with Crippen molar-refractivity contribution in [1.82, 2.24) is 9.13 Å². The summed E-state index contributed by atoms with van der Waals surface area (Å²) in [5.41, 5.74) is 0.296. The van der Waals surface area contributed by atoms with Gasteiger partial charge in [-0.25, -0.2) is 0 Å². The van der Waals surface area contributed by atoms with Gasteiger partial charge in [0.15, 0.2) is 0 Å². The highest BCUT2D eigenvalue weighted by atomic mass is 35.5. The molecule has 0 aliphatic heterocycles. The van der Waals surface area contributed by atoms with Gasteiger partial charge in [0.2, 0.25) is 0 Å². The quantitative estimate of drug-likeness (QED) is 0.698. The van der Waals surface area contributed by atoms with Crippen molar-refractivity contribution in [2.75, 3.05) is 0 Å². The van der Waals surface area contributed by atoms with E-state index >= 15 is 0 Å². The van der Waals surface area contributed by atoms with Crippen LogP contribution in [0.5, 0.6) is 0 Å². The Bertz CT molecular complexity index is 914. The van der Waals surface area contributed by atoms with Gasteiger partial charge in [0.1, 0.15) is 0 Å². The molecule has 0 saturated carbocycles. The highest BCUT2D eigenvalue weighted by Gasteiger charge is 2.08. The van der Waals surface area contributed by atoms with Crippen LogP contribution in [0.25, 0.3) is 5.69 Å². The number of rotatable bonds is 3. The van der Waals surface area contributed by atoms with Gasteiger partial charge >= 0.3 is 11.1 Å². The molecule has 0 saturated heterocycles. The molecule has 110 valence electrons. The second kappa shape index (κ2) is 6.03. The molecule has 1 heterocycles. The lowest BCUT2D eigenvalue weighted by atomic mass is 10.2. The molecule has 4 nitrogen and oxygen atoms in total. The van der Waals surface area contributed by atoms with Gasteiger partial charge in [0, 0.05) is 23.1 Å². The molecule has 0 bridgehead atoms. The highest BCUT2D eigenvalue weighted by molar-refractivity contribution is 6.31. The Morgan fingerprint density at radius 3 is 2.23 bits per heavy atom. The van der Waals surface area contributed by atoms with Gasteiger partial charge < -0.3 is 4.57 Å². The zero-order valence-electron chi connectivity index (χ0n) is 11.6. The molecule has 22 heavy (non-hydrogen) atoms. The maximum atomic E-state index is 12.3. The van der Waals surface area contributed by atoms with Gasteiger partial charge in [-0.1, -0.05) is 48.0 Å². The summed E-state index contributed by atoms with van der Waals surface area (Å²) in [5, 5.41) is 0.571. The third-order valence-corrected chi connectivity index (χ3v) is 3.76. The van der Waals surface area contributed by atoms with Crippen molar-refractivity contribution in [3.8, 4) is 5.69 Å². The number of benzene rings is 2. The predicted octanol–water partition coefficient (Wildman–Crippen LogP) is 2.70. The minimum Gasteiger partial charge on any atom is -0.305 e. The minimum absolute atomic E-state index is 0.267. The Kier molecular flexibility index (Phi) is 3.94. The van der Waals surface area contributed by atoms with Gasteiger partial charge in [0.05, 0.1) is 6.54 Å². The first-order valence-electron chi connectivity index (χ1n) is 6.78. The fourth-order valence-electron chi connectivity index (χ4n) is 2.23. The summed E-state index contributed by atoms with van der Waals surface area (Å²) in [4.78, 5) is 24.5. The fourth-order valence-corrected chi connectivity index (χ4v) is 2.43. The van der Waals surface area contributed by atoms with Crippen LogP contribution in [0.3, 0.4) is 0 Å². The van der Waals surface area contributed by atoms with Crippen LogP contribution in [-0.2, 0) is 6.54 Å². The van der Waals surface area contributed by atoms with Crippen LogP contribution >= 0.6 is 11.6 Å². The molecule has 0 spiro atoms. The average molecular weight is 313 g/mol. The van der Waals surface area contributed by atoms with E-state index in [1.165, 1.54) is 9.13 Å². The standard InChI is InChI=1S/C17H13ClN2O2/c18-15-9-5-4-6-13(15)12-19-10-11-20(17(22)16(19)21)14-7-2-1-3-8-14/h1-11H,12H2. The van der Waals surface area contributed by atoms with Gasteiger partial charge in [-0.3, -0.25) is 14.2 Å². The summed E-state index contributed by atoms with van der Waals surface area (Å²) in [7, 11) is 0. The van der Waals surface area contributed by atoms with E-state index in [-0.39, 0.29) is 6.54 Å². The summed E-state index contributed by atoms with van der Waals surface area (Å²) in [6.45, 7) is 0.267. The molecule has 0 N–H and O–H groups in total. The lowest BCUT2D eigenvalue weighted by Gasteiger charge is -2.10. The second-order valence-electron chi connectivity index (χ2n) is 4.83. The zero-order chi connectivity index (χ0) is 15.5. The fraction of sp³-hybridized carbons (Fsp3) is 0.0588. The summed E-state index contributed by atoms with van der Waals surface area (Å²) < 4.78 is 2.70. The topological polar surface area (TPSA) is 44.0 Å². The molecule has 0 radical (unpaired) electrons. The third kappa shape index (κ3) is 2.73. The maximum absolute atomic E-state index is 12.3. The third-order valence-electron chi connectivity index (χ3n) is 3.39. The van der Waals surface area contributed by atoms with Crippen LogP contribution < -0.4 is 11.1 Å². The van der Waals surface area contributed by atoms with Crippen molar-refractivity contribution in [3.05, 3.63) is 98.3 Å². The molecule has 0 atom stereocenters. The van der Waals surface area contributed by atoms with Crippen LogP contribution in [0.15, 0.2) is 76.6 Å². The van der Waals surface area contributed by atoms with E-state index in [0.29, 0.717) is 10.7 Å². The molecule has 0 amide bonds. The van der Waals surface area contributed by atoms with E-state index in [1.54, 1.807) is 30.6 Å². The molecule has 0 unspecified atom stereocenters. The van der Waals surface area contributed by atoms with Crippen molar-refractivity contribution in [2.45, 2.75) is 6.54 Å². The van der Waals surface area contributed by atoms with E-state index in [4.69, 9.17) is 11.6 Å². The molecule has 0 aliphatic rings. The second-order valence-corrected chi connectivity index (χ2v) is 5.24. The first-order valence-corrected chi connectivity index (χ1v) is 7.15. The van der Waals surface area contributed by atoms with E-state index < -0.39 is 11.1 Å². The van der Waals surface area contributed by atoms with Gasteiger partial charge in [0.25, 0.3) is 0 Å². The number of halogens is 1. The largest absolute Gasteiger partial charge is 0.320 e. The number of nitrogens with zero attached hydrogens (tertiary/aromatic N) is 2. The number of para-hydroxylation sites is 1. The van der Waals surface area contributed by atoms with E-state index in [1.807, 2.05) is 36.4 Å². The number of aromatic nitrogens is 2. The monoisotopic (exact) mass is 312 g/mol. The highest BCUT2D eigenvalue weighted by Crippen LogP contribution is 2.15. The van der Waals surface area contributed by atoms with E-state index in [0.717, 1.165) is 5.56 Å². The Balaban J connectivity index is 2.03. The summed E-state index contributed by atoms with van der Waals surface area (Å²) in [6, 6.07) is 16.3. The van der Waals surface area contributed by atoms with Crippen molar-refractivity contribution in [2.24, 2.45) is 0 Å². The van der Waals surface area contributed by atoms with Crippen LogP contribution in [0.1, 0.15) is 5.56 Å². The molecule has 1 aromatic heterocycles. The van der Waals surface area contributed by atoms with Gasteiger partial charge in [-0.05, 0) is 23.8 Å². The average Bonchev–Trinajstić information content (AvgIpc) is 2.55. The Morgan fingerprint density at radius 1 is 0.818 bits per heavy atom.